The second kappa shape index (κ2) is 9.48. The maximum Gasteiger partial charge on any atom is 0.238 e. The molecule has 6 heteroatoms. The van der Waals surface area contributed by atoms with E-state index < -0.39 is 0 Å². The highest BCUT2D eigenvalue weighted by Crippen LogP contribution is 2.25. The molecule has 2 rings (SSSR count). The van der Waals surface area contributed by atoms with Crippen LogP contribution in [0.25, 0.3) is 0 Å². The Morgan fingerprint density at radius 1 is 1.39 bits per heavy atom. The van der Waals surface area contributed by atoms with Crippen LogP contribution in [0.3, 0.4) is 0 Å². The summed E-state index contributed by atoms with van der Waals surface area (Å²) in [7, 11) is 0. The molecular weight excluding hydrogens is 333 g/mol. The topological polar surface area (TPSA) is 44.4 Å². The van der Waals surface area contributed by atoms with Crippen molar-refractivity contribution >= 4 is 35.6 Å². The number of benzene rings is 1. The maximum absolute atomic E-state index is 12.3. The van der Waals surface area contributed by atoms with Crippen LogP contribution >= 0.6 is 24.0 Å². The number of carbonyl (C=O) groups excluding carboxylic acids is 1. The zero-order chi connectivity index (χ0) is 16.0. The molecule has 1 amide bonds. The molecule has 23 heavy (non-hydrogen) atoms. The number of rotatable bonds is 7. The zero-order valence-electron chi connectivity index (χ0n) is 13.9. The van der Waals surface area contributed by atoms with Crippen molar-refractivity contribution in [1.29, 1.82) is 0 Å². The normalized spacial score (nSPS) is 20.3. The monoisotopic (exact) mass is 359 g/mol. The molecule has 0 aromatic heterocycles. The third-order valence-corrected chi connectivity index (χ3v) is 4.35. The van der Waals surface area contributed by atoms with E-state index in [9.17, 15) is 4.79 Å². The predicted molar refractivity (Wildman–Crippen MR) is 99.7 cm³/mol. The Morgan fingerprint density at radius 3 is 2.65 bits per heavy atom. The first kappa shape index (κ1) is 20.2. The van der Waals surface area contributed by atoms with E-state index in [1.54, 1.807) is 12.1 Å². The Hall–Kier alpha value is -0.810. The SMILES string of the molecule is CCCN(CC(=O)Nc1ccc(Cl)cc1)CC1(C)CCNC1.Cl. The molecule has 1 fully saturated rings. The van der Waals surface area contributed by atoms with Crippen LogP contribution in [0, 0.1) is 5.41 Å². The second-order valence-electron chi connectivity index (χ2n) is 6.50. The first-order chi connectivity index (χ1) is 10.5. The van der Waals surface area contributed by atoms with Gasteiger partial charge in [-0.2, -0.15) is 0 Å². The number of hydrogen-bond acceptors (Lipinski definition) is 3. The van der Waals surface area contributed by atoms with E-state index >= 15 is 0 Å². The van der Waals surface area contributed by atoms with Gasteiger partial charge in [0.2, 0.25) is 5.91 Å². The molecule has 0 spiro atoms. The summed E-state index contributed by atoms with van der Waals surface area (Å²) in [6.45, 7) is 8.91. The third-order valence-electron chi connectivity index (χ3n) is 4.10. The number of anilines is 1. The average molecular weight is 360 g/mol. The fourth-order valence-corrected chi connectivity index (χ4v) is 3.14. The Morgan fingerprint density at radius 2 is 2.09 bits per heavy atom. The van der Waals surface area contributed by atoms with E-state index in [2.05, 4.69) is 29.4 Å². The van der Waals surface area contributed by atoms with Crippen LogP contribution in [0.1, 0.15) is 26.7 Å². The van der Waals surface area contributed by atoms with Gasteiger partial charge in [-0.3, -0.25) is 9.69 Å². The zero-order valence-corrected chi connectivity index (χ0v) is 15.5. The van der Waals surface area contributed by atoms with Crippen molar-refractivity contribution in [2.75, 3.05) is 38.0 Å². The first-order valence-corrected chi connectivity index (χ1v) is 8.37. The van der Waals surface area contributed by atoms with Crippen molar-refractivity contribution in [1.82, 2.24) is 10.2 Å². The number of halogens is 2. The van der Waals surface area contributed by atoms with Crippen LogP contribution in [0.2, 0.25) is 5.02 Å². The van der Waals surface area contributed by atoms with Crippen molar-refractivity contribution in [3.63, 3.8) is 0 Å². The molecule has 1 aromatic carbocycles. The fourth-order valence-electron chi connectivity index (χ4n) is 3.01. The van der Waals surface area contributed by atoms with Gasteiger partial charge < -0.3 is 10.6 Å². The number of nitrogens with one attached hydrogen (secondary N) is 2. The van der Waals surface area contributed by atoms with E-state index in [4.69, 9.17) is 11.6 Å². The van der Waals surface area contributed by atoms with E-state index in [1.807, 2.05) is 12.1 Å². The minimum absolute atomic E-state index is 0. The van der Waals surface area contributed by atoms with Crippen LogP contribution < -0.4 is 10.6 Å². The Bertz CT molecular complexity index is 487. The van der Waals surface area contributed by atoms with E-state index in [-0.39, 0.29) is 23.7 Å². The summed E-state index contributed by atoms with van der Waals surface area (Å²) in [6.07, 6.45) is 2.23. The molecular formula is C17H27Cl2N3O. The van der Waals surface area contributed by atoms with Crippen LogP contribution in [-0.4, -0.2) is 43.5 Å². The van der Waals surface area contributed by atoms with Gasteiger partial charge in [-0.25, -0.2) is 0 Å². The first-order valence-electron chi connectivity index (χ1n) is 7.99. The van der Waals surface area contributed by atoms with Gasteiger partial charge in [-0.1, -0.05) is 25.4 Å². The quantitative estimate of drug-likeness (QED) is 0.783. The van der Waals surface area contributed by atoms with Gasteiger partial charge in [0, 0.05) is 23.8 Å². The standard InChI is InChI=1S/C17H26ClN3O.ClH/c1-3-10-21(13-17(2)8-9-19-12-17)11-16(22)20-15-6-4-14(18)5-7-15;/h4-7,19H,3,8-13H2,1-2H3,(H,20,22);1H. The van der Waals surface area contributed by atoms with Gasteiger partial charge in [-0.15, -0.1) is 12.4 Å². The maximum atomic E-state index is 12.3. The lowest BCUT2D eigenvalue weighted by atomic mass is 9.89. The van der Waals surface area contributed by atoms with E-state index in [0.29, 0.717) is 11.6 Å². The van der Waals surface area contributed by atoms with Gasteiger partial charge in [0.1, 0.15) is 0 Å². The molecule has 1 unspecified atom stereocenters. The highest BCUT2D eigenvalue weighted by atomic mass is 35.5. The number of amides is 1. The van der Waals surface area contributed by atoms with Crippen molar-refractivity contribution in [2.45, 2.75) is 26.7 Å². The summed E-state index contributed by atoms with van der Waals surface area (Å²) in [5.74, 6) is 0.0327. The molecule has 1 aliphatic rings. The summed E-state index contributed by atoms with van der Waals surface area (Å²) in [6, 6.07) is 7.22. The third kappa shape index (κ3) is 6.68. The molecule has 1 heterocycles. The van der Waals surface area contributed by atoms with Crippen molar-refractivity contribution in [3.8, 4) is 0 Å². The molecule has 2 N–H and O–H groups in total. The van der Waals surface area contributed by atoms with Gasteiger partial charge in [0.15, 0.2) is 0 Å². The summed E-state index contributed by atoms with van der Waals surface area (Å²) >= 11 is 5.86. The van der Waals surface area contributed by atoms with Crippen molar-refractivity contribution in [2.24, 2.45) is 5.41 Å². The molecule has 130 valence electrons. The van der Waals surface area contributed by atoms with Gasteiger partial charge in [-0.05, 0) is 55.6 Å². The highest BCUT2D eigenvalue weighted by Gasteiger charge is 2.30. The minimum Gasteiger partial charge on any atom is -0.325 e. The van der Waals surface area contributed by atoms with Gasteiger partial charge >= 0.3 is 0 Å². The second-order valence-corrected chi connectivity index (χ2v) is 6.94. The Balaban J connectivity index is 0.00000264. The lowest BCUT2D eigenvalue weighted by molar-refractivity contribution is -0.117. The minimum atomic E-state index is 0. The van der Waals surface area contributed by atoms with Crippen LogP contribution in [0.4, 0.5) is 5.69 Å². The molecule has 1 atom stereocenters. The molecule has 0 aliphatic carbocycles. The van der Waals surface area contributed by atoms with Gasteiger partial charge in [0.25, 0.3) is 0 Å². The molecule has 1 saturated heterocycles. The summed E-state index contributed by atoms with van der Waals surface area (Å²) < 4.78 is 0. The number of hydrogen-bond donors (Lipinski definition) is 2. The van der Waals surface area contributed by atoms with Crippen LogP contribution in [-0.2, 0) is 4.79 Å². The van der Waals surface area contributed by atoms with E-state index in [1.165, 1.54) is 6.42 Å². The van der Waals surface area contributed by atoms with E-state index in [0.717, 1.165) is 38.3 Å². The Labute approximate surface area is 150 Å². The molecule has 0 saturated carbocycles. The highest BCUT2D eigenvalue weighted by molar-refractivity contribution is 6.30. The lowest BCUT2D eigenvalue weighted by Crippen LogP contribution is -2.41. The van der Waals surface area contributed by atoms with Crippen LogP contribution in [0.5, 0.6) is 0 Å². The number of carbonyl (C=O) groups is 1. The Kier molecular flexibility index (Phi) is 8.34. The average Bonchev–Trinajstić information content (AvgIpc) is 2.88. The lowest BCUT2D eigenvalue weighted by Gasteiger charge is -2.31. The molecule has 0 bridgehead atoms. The summed E-state index contributed by atoms with van der Waals surface area (Å²) in [4.78, 5) is 14.5. The molecule has 0 radical (unpaired) electrons. The molecule has 1 aromatic rings. The van der Waals surface area contributed by atoms with Crippen LogP contribution in [0.15, 0.2) is 24.3 Å². The molecule has 1 aliphatic heterocycles. The van der Waals surface area contributed by atoms with Crippen molar-refractivity contribution < 1.29 is 4.79 Å². The van der Waals surface area contributed by atoms with Crippen molar-refractivity contribution in [3.05, 3.63) is 29.3 Å². The fraction of sp³-hybridized carbons (Fsp3) is 0.588. The summed E-state index contributed by atoms with van der Waals surface area (Å²) in [5.41, 5.74) is 1.06. The summed E-state index contributed by atoms with van der Waals surface area (Å²) in [5, 5.41) is 7.03. The predicted octanol–water partition coefficient (Wildman–Crippen LogP) is 3.41. The largest absolute Gasteiger partial charge is 0.325 e. The molecule has 4 nitrogen and oxygen atoms in total. The number of nitrogens with zero attached hydrogens (tertiary/aromatic N) is 1. The smallest absolute Gasteiger partial charge is 0.238 e. The van der Waals surface area contributed by atoms with Gasteiger partial charge in [0.05, 0.1) is 6.54 Å².